The minimum atomic E-state index is -4.48. The van der Waals surface area contributed by atoms with Gasteiger partial charge in [-0.05, 0) is 31.4 Å². The summed E-state index contributed by atoms with van der Waals surface area (Å²) in [5.41, 5.74) is 2.74. The molecule has 0 radical (unpaired) electrons. The number of hydrogen-bond donors (Lipinski definition) is 0. The molecule has 1 rings (SSSR count). The summed E-state index contributed by atoms with van der Waals surface area (Å²) in [5.74, 6) is 0. The van der Waals surface area contributed by atoms with Gasteiger partial charge in [0.15, 0.2) is 0 Å². The fourth-order valence-corrected chi connectivity index (χ4v) is 2.74. The molecule has 0 saturated carbocycles. The molecule has 0 aliphatic rings. The summed E-state index contributed by atoms with van der Waals surface area (Å²) in [4.78, 5) is 0. The largest absolute Gasteiger partial charge is 1.00 e. The summed E-state index contributed by atoms with van der Waals surface area (Å²) >= 11 is 0. The summed E-state index contributed by atoms with van der Waals surface area (Å²) in [6.45, 7) is 6.48. The van der Waals surface area contributed by atoms with Gasteiger partial charge < -0.3 is 4.55 Å². The number of benzene rings is 1. The van der Waals surface area contributed by atoms with Crippen molar-refractivity contribution in [2.75, 3.05) is 6.61 Å². The first-order valence-electron chi connectivity index (χ1n) is 9.49. The molecule has 0 spiro atoms. The van der Waals surface area contributed by atoms with Gasteiger partial charge in [-0.15, -0.1) is 0 Å². The molecule has 0 atom stereocenters. The molecule has 0 aromatic heterocycles. The number of hydrogen-bond acceptors (Lipinski definition) is 4. The van der Waals surface area contributed by atoms with Gasteiger partial charge in [-0.25, -0.2) is 8.42 Å². The summed E-state index contributed by atoms with van der Waals surface area (Å²) in [6.07, 6.45) is 11.7. The molecule has 0 N–H and O–H groups in total. The molecule has 4 nitrogen and oxygen atoms in total. The number of rotatable bonds is 12. The van der Waals surface area contributed by atoms with E-state index in [2.05, 4.69) is 49.2 Å². The molecule has 0 aliphatic heterocycles. The normalized spacial score (nSPS) is 10.6. The van der Waals surface area contributed by atoms with Gasteiger partial charge in [0.2, 0.25) is 10.4 Å². The van der Waals surface area contributed by atoms with E-state index >= 15 is 0 Å². The van der Waals surface area contributed by atoms with Crippen LogP contribution in [0.25, 0.3) is 0 Å². The van der Waals surface area contributed by atoms with Crippen LogP contribution in [0.15, 0.2) is 24.3 Å². The molecule has 0 bridgehead atoms. The van der Waals surface area contributed by atoms with Crippen molar-refractivity contribution in [3.8, 4) is 0 Å². The Bertz CT molecular complexity index is 511. The van der Waals surface area contributed by atoms with Crippen molar-refractivity contribution in [3.05, 3.63) is 35.4 Å². The third kappa shape index (κ3) is 20.4. The fourth-order valence-electron chi connectivity index (χ4n) is 2.41. The van der Waals surface area contributed by atoms with Gasteiger partial charge in [0, 0.05) is 0 Å². The van der Waals surface area contributed by atoms with Crippen molar-refractivity contribution in [2.45, 2.75) is 85.0 Å². The standard InChI is InChI=1S/C12H26O4S.C8H10.Na/c1-2-3-4-5-6-7-8-9-10-11-12-16-17(13,14)15;1-7-5-3-4-6-8(7)2;/h2-12H2,1H3,(H,13,14,15);3-6H,1-2H3;/q;;+1/p-1. The van der Waals surface area contributed by atoms with Crippen LogP contribution >= 0.6 is 0 Å². The molecular weight excluding hydrogens is 359 g/mol. The minimum absolute atomic E-state index is 0. The van der Waals surface area contributed by atoms with Crippen LogP contribution in [0.5, 0.6) is 0 Å². The van der Waals surface area contributed by atoms with Crippen LogP contribution in [0.4, 0.5) is 0 Å². The zero-order chi connectivity index (χ0) is 19.0. The molecule has 6 heteroatoms. The third-order valence-electron chi connectivity index (χ3n) is 4.15. The zero-order valence-corrected chi connectivity index (χ0v) is 19.9. The molecule has 26 heavy (non-hydrogen) atoms. The van der Waals surface area contributed by atoms with E-state index in [4.69, 9.17) is 0 Å². The van der Waals surface area contributed by atoms with E-state index in [1.165, 1.54) is 56.1 Å². The van der Waals surface area contributed by atoms with E-state index in [-0.39, 0.29) is 36.2 Å². The Hall–Kier alpha value is 0.0900. The van der Waals surface area contributed by atoms with Crippen LogP contribution < -0.4 is 29.6 Å². The van der Waals surface area contributed by atoms with Gasteiger partial charge in [-0.1, -0.05) is 89.0 Å². The maximum Gasteiger partial charge on any atom is 1.00 e. The average molecular weight is 395 g/mol. The van der Waals surface area contributed by atoms with Crippen LogP contribution in [-0.2, 0) is 14.6 Å². The first-order chi connectivity index (χ1) is 11.9. The van der Waals surface area contributed by atoms with Gasteiger partial charge in [0.05, 0.1) is 6.61 Å². The molecule has 1 aromatic rings. The van der Waals surface area contributed by atoms with Crippen molar-refractivity contribution in [2.24, 2.45) is 0 Å². The second-order valence-electron chi connectivity index (χ2n) is 6.50. The number of unbranched alkanes of at least 4 members (excludes halogenated alkanes) is 9. The van der Waals surface area contributed by atoms with E-state index in [1.54, 1.807) is 0 Å². The van der Waals surface area contributed by atoms with E-state index in [1.807, 2.05) is 0 Å². The van der Waals surface area contributed by atoms with E-state index in [0.717, 1.165) is 12.8 Å². The summed E-state index contributed by atoms with van der Waals surface area (Å²) in [6, 6.07) is 8.36. The van der Waals surface area contributed by atoms with E-state index in [9.17, 15) is 13.0 Å². The molecule has 0 heterocycles. The quantitative estimate of drug-likeness (QED) is 0.237. The second-order valence-corrected chi connectivity index (χ2v) is 7.55. The first kappa shape index (κ1) is 28.3. The van der Waals surface area contributed by atoms with Gasteiger partial charge in [0.1, 0.15) is 0 Å². The maximum atomic E-state index is 10.1. The Balaban J connectivity index is 0. The molecule has 1 aromatic carbocycles. The summed E-state index contributed by atoms with van der Waals surface area (Å²) in [5, 5.41) is 0. The molecule has 0 aliphatic carbocycles. The van der Waals surface area contributed by atoms with Crippen molar-refractivity contribution in [1.82, 2.24) is 0 Å². The Morgan fingerprint density at radius 3 is 1.54 bits per heavy atom. The smallest absolute Gasteiger partial charge is 0.726 e. The second kappa shape index (κ2) is 18.5. The Morgan fingerprint density at radius 2 is 1.19 bits per heavy atom. The monoisotopic (exact) mass is 394 g/mol. The predicted molar refractivity (Wildman–Crippen MR) is 103 cm³/mol. The molecule has 146 valence electrons. The van der Waals surface area contributed by atoms with Crippen molar-refractivity contribution in [3.63, 3.8) is 0 Å². The zero-order valence-electron chi connectivity index (χ0n) is 17.1. The first-order valence-corrected chi connectivity index (χ1v) is 10.8. The van der Waals surface area contributed by atoms with Gasteiger partial charge in [-0.2, -0.15) is 0 Å². The van der Waals surface area contributed by atoms with Crippen LogP contribution in [0.1, 0.15) is 82.3 Å². The van der Waals surface area contributed by atoms with Crippen LogP contribution in [-0.4, -0.2) is 19.6 Å². The van der Waals surface area contributed by atoms with Crippen molar-refractivity contribution >= 4 is 10.4 Å². The average Bonchev–Trinajstić information content (AvgIpc) is 2.55. The summed E-state index contributed by atoms with van der Waals surface area (Å²) < 4.78 is 34.5. The topological polar surface area (TPSA) is 66.4 Å². The van der Waals surface area contributed by atoms with Gasteiger partial charge in [0.25, 0.3) is 0 Å². The Morgan fingerprint density at radius 1 is 0.808 bits per heavy atom. The van der Waals surface area contributed by atoms with Crippen LogP contribution in [0.2, 0.25) is 0 Å². The predicted octanol–water partition coefficient (Wildman–Crippen LogP) is 2.69. The Kier molecular flexibility index (Phi) is 20.1. The van der Waals surface area contributed by atoms with Crippen LogP contribution in [0.3, 0.4) is 0 Å². The molecular formula is C20H35NaO4S. The summed E-state index contributed by atoms with van der Waals surface area (Å²) in [7, 11) is -4.48. The van der Waals surface area contributed by atoms with Gasteiger partial charge >= 0.3 is 29.6 Å². The number of aryl methyl sites for hydroxylation is 2. The van der Waals surface area contributed by atoms with E-state index < -0.39 is 10.4 Å². The van der Waals surface area contributed by atoms with Gasteiger partial charge in [-0.3, -0.25) is 4.18 Å². The molecule has 0 unspecified atom stereocenters. The fraction of sp³-hybridized carbons (Fsp3) is 0.700. The van der Waals surface area contributed by atoms with E-state index in [0.29, 0.717) is 6.42 Å². The van der Waals surface area contributed by atoms with Crippen LogP contribution in [0, 0.1) is 13.8 Å². The maximum absolute atomic E-state index is 10.1. The molecule has 0 fully saturated rings. The molecule has 0 saturated heterocycles. The molecule has 0 amide bonds. The van der Waals surface area contributed by atoms with Crippen molar-refractivity contribution < 1.29 is 46.7 Å². The van der Waals surface area contributed by atoms with Crippen molar-refractivity contribution in [1.29, 1.82) is 0 Å². The Labute approximate surface area is 183 Å². The SMILES string of the molecule is CCCCCCCCCCCCOS(=O)(=O)[O-].Cc1ccccc1C.[Na+]. The minimum Gasteiger partial charge on any atom is -0.726 e. The third-order valence-corrected chi connectivity index (χ3v) is 4.61.